The molecule has 2 aromatic heterocycles. The van der Waals surface area contributed by atoms with E-state index < -0.39 is 0 Å². The number of nitrogens with zero attached hydrogens (tertiary/aromatic N) is 7. The molecule has 2 aliphatic rings. The molecule has 11 nitrogen and oxygen atoms in total. The van der Waals surface area contributed by atoms with E-state index in [1.807, 2.05) is 24.3 Å². The van der Waals surface area contributed by atoms with Crippen LogP contribution in [0.2, 0.25) is 0 Å². The highest BCUT2D eigenvalue weighted by atomic mass is 16.6. The highest BCUT2D eigenvalue weighted by Gasteiger charge is 2.48. The van der Waals surface area contributed by atoms with Crippen molar-refractivity contribution >= 4 is 0 Å². The molecule has 134 valence electrons. The van der Waals surface area contributed by atoms with Crippen molar-refractivity contribution in [3.05, 3.63) is 36.9 Å². The average molecular weight is 356 g/mol. The molecule has 3 aromatic rings. The maximum absolute atomic E-state index is 6.00. The summed E-state index contributed by atoms with van der Waals surface area (Å²) in [7, 11) is 0. The molecule has 0 aliphatic carbocycles. The molecule has 11 heteroatoms. The highest BCUT2D eigenvalue weighted by molar-refractivity contribution is 5.37. The van der Waals surface area contributed by atoms with Crippen LogP contribution in [-0.2, 0) is 9.47 Å². The van der Waals surface area contributed by atoms with Crippen molar-refractivity contribution in [2.75, 3.05) is 13.2 Å². The van der Waals surface area contributed by atoms with Crippen LogP contribution in [0.4, 0.5) is 0 Å². The van der Waals surface area contributed by atoms with Crippen molar-refractivity contribution < 1.29 is 14.2 Å². The molecular formula is C15H16N8O3. The van der Waals surface area contributed by atoms with Crippen molar-refractivity contribution in [2.45, 2.75) is 24.3 Å². The van der Waals surface area contributed by atoms with E-state index in [-0.39, 0.29) is 30.3 Å². The molecule has 4 heterocycles. The number of hydrogen-bond donors (Lipinski definition) is 1. The van der Waals surface area contributed by atoms with Crippen molar-refractivity contribution in [1.82, 2.24) is 35.0 Å². The zero-order valence-electron chi connectivity index (χ0n) is 13.6. The maximum atomic E-state index is 6.00. The number of fused-ring (bicyclic) bond motifs is 1. The molecule has 1 aromatic carbocycles. The van der Waals surface area contributed by atoms with Crippen LogP contribution in [0.1, 0.15) is 6.04 Å². The van der Waals surface area contributed by atoms with Crippen LogP contribution < -0.4 is 10.5 Å². The second kappa shape index (κ2) is 6.12. The molecule has 26 heavy (non-hydrogen) atoms. The number of rotatable bonds is 4. The SMILES string of the molecule is N[C@H]1CO[C@H]2[C@@H]1OC[C@@H]2n1nnnc1Oc1ccc(-n2cncn2)cc1. The minimum absolute atomic E-state index is 0.129. The number of ether oxygens (including phenoxy) is 3. The van der Waals surface area contributed by atoms with Crippen molar-refractivity contribution in [1.29, 1.82) is 0 Å². The predicted octanol–water partition coefficient (Wildman–Crippen LogP) is -0.288. The number of hydrogen-bond acceptors (Lipinski definition) is 9. The van der Waals surface area contributed by atoms with Gasteiger partial charge in [-0.3, -0.25) is 0 Å². The lowest BCUT2D eigenvalue weighted by Gasteiger charge is -2.16. The van der Waals surface area contributed by atoms with Crippen LogP contribution in [0.5, 0.6) is 11.8 Å². The van der Waals surface area contributed by atoms with Gasteiger partial charge in [0, 0.05) is 0 Å². The topological polar surface area (TPSA) is 128 Å². The van der Waals surface area contributed by atoms with Gasteiger partial charge in [-0.1, -0.05) is 5.10 Å². The van der Waals surface area contributed by atoms with Crippen LogP contribution >= 0.6 is 0 Å². The van der Waals surface area contributed by atoms with Gasteiger partial charge in [-0.2, -0.15) is 9.78 Å². The summed E-state index contributed by atoms with van der Waals surface area (Å²) in [6.07, 6.45) is 2.79. The highest BCUT2D eigenvalue weighted by Crippen LogP contribution is 2.35. The van der Waals surface area contributed by atoms with Crippen molar-refractivity contribution in [2.24, 2.45) is 5.73 Å². The predicted molar refractivity (Wildman–Crippen MR) is 85.7 cm³/mol. The third kappa shape index (κ3) is 2.53. The van der Waals surface area contributed by atoms with Gasteiger partial charge in [-0.15, -0.1) is 0 Å². The minimum atomic E-state index is -0.175. The monoisotopic (exact) mass is 356 g/mol. The van der Waals surface area contributed by atoms with Gasteiger partial charge in [0.1, 0.15) is 36.7 Å². The van der Waals surface area contributed by atoms with Crippen LogP contribution in [-0.4, -0.2) is 66.4 Å². The summed E-state index contributed by atoms with van der Waals surface area (Å²) in [5.41, 5.74) is 6.87. The first kappa shape index (κ1) is 15.4. The Morgan fingerprint density at radius 1 is 1.12 bits per heavy atom. The third-order valence-corrected chi connectivity index (χ3v) is 4.57. The van der Waals surface area contributed by atoms with Crippen LogP contribution in [0.3, 0.4) is 0 Å². The maximum Gasteiger partial charge on any atom is 0.341 e. The first-order valence-corrected chi connectivity index (χ1v) is 8.19. The largest absolute Gasteiger partial charge is 0.423 e. The van der Waals surface area contributed by atoms with E-state index in [0.717, 1.165) is 5.69 Å². The molecule has 2 aliphatic heterocycles. The third-order valence-electron chi connectivity index (χ3n) is 4.57. The van der Waals surface area contributed by atoms with E-state index in [0.29, 0.717) is 19.0 Å². The van der Waals surface area contributed by atoms with Gasteiger partial charge >= 0.3 is 6.01 Å². The lowest BCUT2D eigenvalue weighted by molar-refractivity contribution is 0.0617. The first-order chi connectivity index (χ1) is 12.8. The van der Waals surface area contributed by atoms with Crippen LogP contribution in [0, 0.1) is 0 Å². The molecule has 0 bridgehead atoms. The molecule has 2 fully saturated rings. The standard InChI is InChI=1S/C15H16N8O3/c16-11-5-24-14-12(6-25-13(11)14)23-15(19-20-21-23)26-10-3-1-9(2-4-10)22-8-17-7-18-22/h1-4,7-8,11-14H,5-6,16H2/t11-,12-,13+,14+/m0/s1. The molecule has 0 unspecified atom stereocenters. The van der Waals surface area contributed by atoms with Gasteiger partial charge in [0.25, 0.3) is 0 Å². The Labute approximate surface area is 147 Å². The Kier molecular flexibility index (Phi) is 3.62. The van der Waals surface area contributed by atoms with Crippen LogP contribution in [0.15, 0.2) is 36.9 Å². The zero-order chi connectivity index (χ0) is 17.5. The summed E-state index contributed by atoms with van der Waals surface area (Å²) in [6, 6.07) is 7.33. The van der Waals surface area contributed by atoms with E-state index in [4.69, 9.17) is 19.9 Å². The molecule has 0 amide bonds. The number of aromatic nitrogens is 7. The van der Waals surface area contributed by atoms with Gasteiger partial charge in [0.15, 0.2) is 0 Å². The smallest absolute Gasteiger partial charge is 0.341 e. The quantitative estimate of drug-likeness (QED) is 0.670. The van der Waals surface area contributed by atoms with Crippen LogP contribution in [0.25, 0.3) is 5.69 Å². The summed E-state index contributed by atoms with van der Waals surface area (Å²) >= 11 is 0. The molecule has 4 atom stereocenters. The molecule has 0 saturated carbocycles. The Morgan fingerprint density at radius 3 is 2.77 bits per heavy atom. The Morgan fingerprint density at radius 2 is 1.96 bits per heavy atom. The van der Waals surface area contributed by atoms with E-state index >= 15 is 0 Å². The summed E-state index contributed by atoms with van der Waals surface area (Å²) in [4.78, 5) is 3.93. The number of nitrogens with two attached hydrogens (primary N) is 1. The average Bonchev–Trinajstić information content (AvgIpc) is 3.42. The normalized spacial score (nSPS) is 27.6. The summed E-state index contributed by atoms with van der Waals surface area (Å²) < 4.78 is 20.6. The summed E-state index contributed by atoms with van der Waals surface area (Å²) in [6.45, 7) is 0.892. The van der Waals surface area contributed by atoms with Gasteiger partial charge in [0.05, 0.1) is 24.9 Å². The fourth-order valence-electron chi connectivity index (χ4n) is 3.29. The summed E-state index contributed by atoms with van der Waals surface area (Å²) in [5, 5.41) is 15.8. The van der Waals surface area contributed by atoms with Gasteiger partial charge in [-0.05, 0) is 34.7 Å². The molecular weight excluding hydrogens is 340 g/mol. The van der Waals surface area contributed by atoms with E-state index in [9.17, 15) is 0 Å². The number of tetrazole rings is 1. The van der Waals surface area contributed by atoms with E-state index in [2.05, 4.69) is 25.6 Å². The molecule has 0 radical (unpaired) electrons. The Bertz CT molecular complexity index is 881. The van der Waals surface area contributed by atoms with Gasteiger partial charge in [-0.25, -0.2) is 9.67 Å². The summed E-state index contributed by atoms with van der Waals surface area (Å²) in [5.74, 6) is 0.601. The van der Waals surface area contributed by atoms with Gasteiger partial charge in [0.2, 0.25) is 0 Å². The lowest BCUT2D eigenvalue weighted by atomic mass is 10.1. The molecule has 0 spiro atoms. The molecule has 2 saturated heterocycles. The van der Waals surface area contributed by atoms with Gasteiger partial charge < -0.3 is 19.9 Å². The lowest BCUT2D eigenvalue weighted by Crippen LogP contribution is -2.36. The molecule has 2 N–H and O–H groups in total. The number of benzene rings is 1. The Balaban J connectivity index is 1.35. The van der Waals surface area contributed by atoms with E-state index in [1.54, 1.807) is 15.7 Å². The zero-order valence-corrected chi connectivity index (χ0v) is 13.6. The van der Waals surface area contributed by atoms with Crippen molar-refractivity contribution in [3.63, 3.8) is 0 Å². The second-order valence-corrected chi connectivity index (χ2v) is 6.17. The van der Waals surface area contributed by atoms with Crippen molar-refractivity contribution in [3.8, 4) is 17.4 Å². The second-order valence-electron chi connectivity index (χ2n) is 6.17. The first-order valence-electron chi connectivity index (χ1n) is 8.19. The fourth-order valence-corrected chi connectivity index (χ4v) is 3.29. The minimum Gasteiger partial charge on any atom is -0.423 e. The van der Waals surface area contributed by atoms with E-state index in [1.165, 1.54) is 6.33 Å². The fraction of sp³-hybridized carbons (Fsp3) is 0.400. The molecule has 5 rings (SSSR count). The Hall–Kier alpha value is -2.89.